The number of rotatable bonds is 6. The van der Waals surface area contributed by atoms with Crippen LogP contribution in [0.5, 0.6) is 5.75 Å². The van der Waals surface area contributed by atoms with Crippen molar-refractivity contribution < 1.29 is 9.53 Å². The summed E-state index contributed by atoms with van der Waals surface area (Å²) in [6, 6.07) is 11.8. The molecule has 5 nitrogen and oxygen atoms in total. The van der Waals surface area contributed by atoms with E-state index >= 15 is 0 Å². The van der Waals surface area contributed by atoms with Gasteiger partial charge in [0.05, 0.1) is 24.2 Å². The van der Waals surface area contributed by atoms with Crippen molar-refractivity contribution in [3.05, 3.63) is 46.7 Å². The van der Waals surface area contributed by atoms with E-state index in [0.717, 1.165) is 32.0 Å². The van der Waals surface area contributed by atoms with E-state index in [1.165, 1.54) is 6.92 Å². The number of aromatic nitrogens is 1. The third kappa shape index (κ3) is 4.12. The zero-order valence-electron chi connectivity index (χ0n) is 13.3. The van der Waals surface area contributed by atoms with E-state index in [1.807, 2.05) is 41.8 Å². The molecule has 3 rings (SSSR count). The average molecular weight is 359 g/mol. The number of thiophene rings is 1. The summed E-state index contributed by atoms with van der Waals surface area (Å²) in [5, 5.41) is 8.96. The lowest BCUT2D eigenvalue weighted by atomic mass is 10.3. The largest absolute Gasteiger partial charge is 0.497 e. The SMILES string of the molecule is COc1ccc(Nc2nc(-c3ccc(CNC(C)=O)s3)cs2)cc1. The molecule has 0 radical (unpaired) electrons. The molecule has 0 aliphatic carbocycles. The predicted molar refractivity (Wildman–Crippen MR) is 99.2 cm³/mol. The molecule has 0 saturated carbocycles. The highest BCUT2D eigenvalue weighted by Crippen LogP contribution is 2.32. The average Bonchev–Trinajstić information content (AvgIpc) is 3.22. The first-order valence-electron chi connectivity index (χ1n) is 7.34. The molecule has 7 heteroatoms. The molecule has 0 fully saturated rings. The van der Waals surface area contributed by atoms with Gasteiger partial charge >= 0.3 is 0 Å². The van der Waals surface area contributed by atoms with E-state index in [-0.39, 0.29) is 5.91 Å². The van der Waals surface area contributed by atoms with E-state index in [4.69, 9.17) is 4.74 Å². The van der Waals surface area contributed by atoms with Crippen LogP contribution >= 0.6 is 22.7 Å². The van der Waals surface area contributed by atoms with Crippen LogP contribution in [-0.4, -0.2) is 18.0 Å². The Morgan fingerprint density at radius 2 is 2.00 bits per heavy atom. The van der Waals surface area contributed by atoms with Crippen LogP contribution in [0.25, 0.3) is 10.6 Å². The van der Waals surface area contributed by atoms with Crippen LogP contribution in [-0.2, 0) is 11.3 Å². The number of nitrogens with one attached hydrogen (secondary N) is 2. The summed E-state index contributed by atoms with van der Waals surface area (Å²) in [7, 11) is 1.65. The highest BCUT2D eigenvalue weighted by molar-refractivity contribution is 7.17. The van der Waals surface area contributed by atoms with Gasteiger partial charge in [0.25, 0.3) is 0 Å². The summed E-state index contributed by atoms with van der Waals surface area (Å²) in [5.41, 5.74) is 1.91. The Kier molecular flexibility index (Phi) is 5.12. The van der Waals surface area contributed by atoms with Gasteiger partial charge in [-0.05, 0) is 36.4 Å². The van der Waals surface area contributed by atoms with Crippen LogP contribution in [0.3, 0.4) is 0 Å². The van der Waals surface area contributed by atoms with Crippen molar-refractivity contribution in [2.45, 2.75) is 13.5 Å². The number of amides is 1. The Labute approximate surface area is 148 Å². The monoisotopic (exact) mass is 359 g/mol. The number of nitrogens with zero attached hydrogens (tertiary/aromatic N) is 1. The summed E-state index contributed by atoms with van der Waals surface area (Å²) in [6.45, 7) is 2.08. The fourth-order valence-electron chi connectivity index (χ4n) is 2.06. The van der Waals surface area contributed by atoms with Gasteiger partial charge in [-0.2, -0.15) is 0 Å². The summed E-state index contributed by atoms with van der Waals surface area (Å²) >= 11 is 3.20. The van der Waals surface area contributed by atoms with E-state index < -0.39 is 0 Å². The van der Waals surface area contributed by atoms with Crippen LogP contribution in [0.4, 0.5) is 10.8 Å². The number of hydrogen-bond acceptors (Lipinski definition) is 6. The summed E-state index contributed by atoms with van der Waals surface area (Å²) in [4.78, 5) is 17.8. The van der Waals surface area contributed by atoms with Gasteiger partial charge in [-0.1, -0.05) is 0 Å². The number of anilines is 2. The van der Waals surface area contributed by atoms with Gasteiger partial charge in [0, 0.05) is 22.9 Å². The molecule has 3 aromatic rings. The first-order chi connectivity index (χ1) is 11.6. The molecule has 124 valence electrons. The second kappa shape index (κ2) is 7.46. The van der Waals surface area contributed by atoms with Gasteiger partial charge < -0.3 is 15.4 Å². The zero-order valence-corrected chi connectivity index (χ0v) is 15.0. The highest BCUT2D eigenvalue weighted by atomic mass is 32.1. The van der Waals surface area contributed by atoms with Crippen molar-refractivity contribution in [2.24, 2.45) is 0 Å². The second-order valence-corrected chi connectivity index (χ2v) is 7.09. The normalized spacial score (nSPS) is 10.4. The lowest BCUT2D eigenvalue weighted by Gasteiger charge is -2.03. The van der Waals surface area contributed by atoms with Crippen LogP contribution in [0.2, 0.25) is 0 Å². The Balaban J connectivity index is 1.67. The van der Waals surface area contributed by atoms with Crippen molar-refractivity contribution in [1.29, 1.82) is 0 Å². The Morgan fingerprint density at radius 1 is 1.21 bits per heavy atom. The lowest BCUT2D eigenvalue weighted by molar-refractivity contribution is -0.119. The van der Waals surface area contributed by atoms with Crippen LogP contribution in [0.15, 0.2) is 41.8 Å². The quantitative estimate of drug-likeness (QED) is 0.690. The number of hydrogen-bond donors (Lipinski definition) is 2. The topological polar surface area (TPSA) is 63.2 Å². The number of benzene rings is 1. The predicted octanol–water partition coefficient (Wildman–Crippen LogP) is 4.26. The highest BCUT2D eigenvalue weighted by Gasteiger charge is 2.08. The molecule has 0 spiro atoms. The molecule has 1 aromatic carbocycles. The van der Waals surface area contributed by atoms with Gasteiger partial charge in [0.1, 0.15) is 5.75 Å². The minimum absolute atomic E-state index is 0.0235. The molecular formula is C17H17N3O2S2. The summed E-state index contributed by atoms with van der Waals surface area (Å²) in [5.74, 6) is 0.801. The maximum Gasteiger partial charge on any atom is 0.217 e. The molecule has 0 bridgehead atoms. The Hall–Kier alpha value is -2.38. The van der Waals surface area contributed by atoms with Crippen molar-refractivity contribution in [3.63, 3.8) is 0 Å². The number of carbonyl (C=O) groups is 1. The summed E-state index contributed by atoms with van der Waals surface area (Å²) < 4.78 is 5.15. The maximum atomic E-state index is 11.0. The number of ether oxygens (including phenoxy) is 1. The number of thiazole rings is 1. The van der Waals surface area contributed by atoms with E-state index in [9.17, 15) is 4.79 Å². The van der Waals surface area contributed by atoms with Crippen molar-refractivity contribution >= 4 is 39.4 Å². The molecule has 2 heterocycles. The van der Waals surface area contributed by atoms with Crippen LogP contribution < -0.4 is 15.4 Å². The number of carbonyl (C=O) groups excluding carboxylic acids is 1. The molecule has 1 amide bonds. The maximum absolute atomic E-state index is 11.0. The molecular weight excluding hydrogens is 342 g/mol. The minimum atomic E-state index is -0.0235. The molecule has 2 aromatic heterocycles. The van der Waals surface area contributed by atoms with Crippen molar-refractivity contribution in [3.8, 4) is 16.3 Å². The molecule has 0 saturated heterocycles. The minimum Gasteiger partial charge on any atom is -0.497 e. The van der Waals surface area contributed by atoms with Gasteiger partial charge in [0.2, 0.25) is 5.91 Å². The molecule has 2 N–H and O–H groups in total. The fraction of sp³-hybridized carbons (Fsp3) is 0.176. The first-order valence-corrected chi connectivity index (χ1v) is 9.04. The van der Waals surface area contributed by atoms with Crippen molar-refractivity contribution in [1.82, 2.24) is 10.3 Å². The third-order valence-corrected chi connectivity index (χ3v) is 5.14. The third-order valence-electron chi connectivity index (χ3n) is 3.27. The van der Waals surface area contributed by atoms with E-state index in [0.29, 0.717) is 6.54 Å². The molecule has 0 aliphatic rings. The van der Waals surface area contributed by atoms with Crippen molar-refractivity contribution in [2.75, 3.05) is 12.4 Å². The Bertz CT molecular complexity index is 824. The molecule has 0 atom stereocenters. The lowest BCUT2D eigenvalue weighted by Crippen LogP contribution is -2.17. The molecule has 0 aliphatic heterocycles. The van der Waals surface area contributed by atoms with Gasteiger partial charge in [-0.25, -0.2) is 4.98 Å². The van der Waals surface area contributed by atoms with Crippen LogP contribution in [0.1, 0.15) is 11.8 Å². The van der Waals surface area contributed by atoms with E-state index in [2.05, 4.69) is 15.6 Å². The smallest absolute Gasteiger partial charge is 0.217 e. The standard InChI is InChI=1S/C17H17N3O2S2/c1-11(21)18-9-14-7-8-16(24-14)15-10-23-17(20-15)19-12-3-5-13(22-2)6-4-12/h3-8,10H,9H2,1-2H3,(H,18,21)(H,19,20). The molecule has 0 unspecified atom stereocenters. The van der Waals surface area contributed by atoms with Gasteiger partial charge in [0.15, 0.2) is 5.13 Å². The van der Waals surface area contributed by atoms with Gasteiger partial charge in [-0.3, -0.25) is 4.79 Å². The Morgan fingerprint density at radius 3 is 2.71 bits per heavy atom. The van der Waals surface area contributed by atoms with Crippen LogP contribution in [0, 0.1) is 0 Å². The number of methoxy groups -OCH3 is 1. The fourth-order valence-corrected chi connectivity index (χ4v) is 3.78. The molecule has 24 heavy (non-hydrogen) atoms. The van der Waals surface area contributed by atoms with Gasteiger partial charge in [-0.15, -0.1) is 22.7 Å². The second-order valence-electron chi connectivity index (χ2n) is 5.07. The van der Waals surface area contributed by atoms with E-state index in [1.54, 1.807) is 29.8 Å². The first kappa shape index (κ1) is 16.5. The zero-order chi connectivity index (χ0) is 16.9. The summed E-state index contributed by atoms with van der Waals surface area (Å²) in [6.07, 6.45) is 0.